The van der Waals surface area contributed by atoms with Crippen LogP contribution < -0.4 is 0 Å². The maximum Gasteiger partial charge on any atom is 0.230 e. The second-order valence-electron chi connectivity index (χ2n) is 3.01. The summed E-state index contributed by atoms with van der Waals surface area (Å²) in [5.41, 5.74) is 0. The van der Waals surface area contributed by atoms with Gasteiger partial charge in [0.1, 0.15) is 24.4 Å². The second kappa shape index (κ2) is 7.05. The second-order valence-corrected chi connectivity index (χ2v) is 3.47. The summed E-state index contributed by atoms with van der Waals surface area (Å²) >= 11 is 2.49. The number of carbonyl (C=O) groups excluding carboxylic acids is 2. The van der Waals surface area contributed by atoms with E-state index in [1.807, 2.05) is 0 Å². The van der Waals surface area contributed by atoms with Crippen LogP contribution in [0, 0.1) is 0 Å². The van der Waals surface area contributed by atoms with Gasteiger partial charge < -0.3 is 25.5 Å². The van der Waals surface area contributed by atoms with E-state index in [4.69, 9.17) is 11.6 Å². The van der Waals surface area contributed by atoms with Crippen molar-refractivity contribution in [3.8, 4) is 0 Å². The zero-order valence-corrected chi connectivity index (χ0v) is 9.61. The van der Waals surface area contributed by atoms with Crippen molar-refractivity contribution in [2.24, 2.45) is 0 Å². The van der Waals surface area contributed by atoms with Gasteiger partial charge in [-0.25, -0.2) is 0 Å². The highest BCUT2D eigenvalue weighted by Crippen LogP contribution is 2.07. The predicted molar refractivity (Wildman–Crippen MR) is 54.9 cm³/mol. The van der Waals surface area contributed by atoms with E-state index < -0.39 is 47.9 Å². The molecule has 94 valence electrons. The summed E-state index contributed by atoms with van der Waals surface area (Å²) in [6.45, 7) is -0.896. The highest BCUT2D eigenvalue weighted by Gasteiger charge is 2.36. The van der Waals surface area contributed by atoms with Gasteiger partial charge in [-0.15, -0.1) is 0 Å². The Labute approximate surface area is 101 Å². The van der Waals surface area contributed by atoms with Gasteiger partial charge in [-0.3, -0.25) is 9.59 Å². The SMILES string of the molecule is [2H]C(Br)C(=O)C(=O)[C@H](O)[C@@H](O)[C@H](O)[C@H](O)CO. The molecule has 0 aromatic heterocycles. The molecule has 1 unspecified atom stereocenters. The summed E-state index contributed by atoms with van der Waals surface area (Å²) in [4.78, 5) is 22.2. The molecule has 16 heavy (non-hydrogen) atoms. The summed E-state index contributed by atoms with van der Waals surface area (Å²) in [6, 6.07) is 0. The Kier molecular flexibility index (Phi) is 6.03. The van der Waals surface area contributed by atoms with Gasteiger partial charge in [-0.1, -0.05) is 15.9 Å². The lowest BCUT2D eigenvalue weighted by molar-refractivity contribution is -0.153. The minimum Gasteiger partial charge on any atom is -0.394 e. The summed E-state index contributed by atoms with van der Waals surface area (Å²) < 4.78 is 6.88. The van der Waals surface area contributed by atoms with Crippen molar-refractivity contribution in [1.29, 1.82) is 0 Å². The van der Waals surface area contributed by atoms with Crippen LogP contribution in [0.4, 0.5) is 0 Å². The van der Waals surface area contributed by atoms with Crippen molar-refractivity contribution in [1.82, 2.24) is 0 Å². The van der Waals surface area contributed by atoms with Crippen LogP contribution in [0.2, 0.25) is 0 Å². The van der Waals surface area contributed by atoms with Crippen LogP contribution in [0.25, 0.3) is 0 Å². The highest BCUT2D eigenvalue weighted by molar-refractivity contribution is 9.09. The molecule has 0 amide bonds. The van der Waals surface area contributed by atoms with E-state index in [1.54, 1.807) is 0 Å². The molecule has 0 spiro atoms. The van der Waals surface area contributed by atoms with Crippen LogP contribution in [0.3, 0.4) is 0 Å². The van der Waals surface area contributed by atoms with E-state index in [2.05, 4.69) is 15.9 Å². The Morgan fingerprint density at radius 2 is 1.69 bits per heavy atom. The molecule has 8 heteroatoms. The van der Waals surface area contributed by atoms with Gasteiger partial charge in [0.25, 0.3) is 0 Å². The van der Waals surface area contributed by atoms with Gasteiger partial charge >= 0.3 is 0 Å². The third-order valence-corrected chi connectivity index (χ3v) is 2.28. The molecule has 5 N–H and O–H groups in total. The van der Waals surface area contributed by atoms with Crippen LogP contribution >= 0.6 is 15.9 Å². The van der Waals surface area contributed by atoms with Crippen molar-refractivity contribution in [3.05, 3.63) is 0 Å². The molecule has 0 aromatic rings. The minimum atomic E-state index is -2.27. The lowest BCUT2D eigenvalue weighted by Crippen LogP contribution is -2.50. The maximum atomic E-state index is 11.2. The smallest absolute Gasteiger partial charge is 0.230 e. The number of aliphatic hydroxyl groups excluding tert-OH is 5. The Balaban J connectivity index is 4.65. The van der Waals surface area contributed by atoms with Crippen molar-refractivity contribution >= 4 is 27.5 Å². The first-order chi connectivity index (χ1) is 7.73. The molecule has 0 rings (SSSR count). The molecule has 0 aliphatic carbocycles. The molecule has 0 radical (unpaired) electrons. The number of hydrogen-bond acceptors (Lipinski definition) is 7. The van der Waals surface area contributed by atoms with E-state index in [0.717, 1.165) is 0 Å². The number of halogens is 1. The van der Waals surface area contributed by atoms with Gasteiger partial charge in [-0.2, -0.15) is 0 Å². The van der Waals surface area contributed by atoms with Crippen molar-refractivity contribution in [2.45, 2.75) is 24.4 Å². The Morgan fingerprint density at radius 1 is 1.19 bits per heavy atom. The summed E-state index contributed by atoms with van der Waals surface area (Å²) in [7, 11) is 0. The lowest BCUT2D eigenvalue weighted by atomic mass is 9.99. The van der Waals surface area contributed by atoms with Gasteiger partial charge in [0, 0.05) is 1.37 Å². The summed E-state index contributed by atoms with van der Waals surface area (Å²) in [5.74, 6) is -2.78. The van der Waals surface area contributed by atoms with E-state index in [-0.39, 0.29) is 0 Å². The largest absolute Gasteiger partial charge is 0.394 e. The molecule has 0 fully saturated rings. The monoisotopic (exact) mass is 301 g/mol. The summed E-state index contributed by atoms with van der Waals surface area (Å²) in [5, 5.41) is 43.6. The Bertz CT molecular complexity index is 285. The maximum absolute atomic E-state index is 11.2. The fraction of sp³-hybridized carbons (Fsp3) is 0.750. The first-order valence-corrected chi connectivity index (χ1v) is 5.13. The normalized spacial score (nSPS) is 21.5. The highest BCUT2D eigenvalue weighted by atomic mass is 79.9. The van der Waals surface area contributed by atoms with Gasteiger partial charge in [0.2, 0.25) is 11.6 Å². The third-order valence-electron chi connectivity index (χ3n) is 1.87. The standard InChI is InChI=1S/C8H13BrO7/c9-1-3(11)5(13)7(15)8(16)6(14)4(12)2-10/h4,6-8,10,12,14-16H,1-2H2/t4-,6-,7+,8+/m1/s1/i1D/t1?,4-,6-,7+,8+. The number of hydrogen-bond donors (Lipinski definition) is 5. The van der Waals surface area contributed by atoms with Crippen LogP contribution in [-0.2, 0) is 9.59 Å². The molecule has 0 saturated carbocycles. The van der Waals surface area contributed by atoms with Gasteiger partial charge in [-0.05, 0) is 0 Å². The molecule has 0 saturated heterocycles. The molecule has 0 aliphatic heterocycles. The summed E-state index contributed by atoms with van der Waals surface area (Å²) in [6.07, 6.45) is -8.17. The number of rotatable bonds is 7. The van der Waals surface area contributed by atoms with Gasteiger partial charge in [0.15, 0.2) is 0 Å². The van der Waals surface area contributed by atoms with Crippen molar-refractivity contribution in [3.63, 3.8) is 0 Å². The van der Waals surface area contributed by atoms with Crippen molar-refractivity contribution in [2.75, 3.05) is 11.9 Å². The molecule has 0 aliphatic rings. The molecular formula is C8H13BrO7. The molecule has 0 bridgehead atoms. The van der Waals surface area contributed by atoms with Crippen LogP contribution in [0.1, 0.15) is 1.37 Å². The Morgan fingerprint density at radius 3 is 2.06 bits per heavy atom. The fourth-order valence-electron chi connectivity index (χ4n) is 0.877. The van der Waals surface area contributed by atoms with E-state index in [0.29, 0.717) is 0 Å². The number of Topliss-reactive ketones (excluding diaryl/α,β-unsaturated/α-hetero) is 2. The lowest BCUT2D eigenvalue weighted by Gasteiger charge is -2.24. The zero-order chi connectivity index (χ0) is 13.7. The van der Waals surface area contributed by atoms with E-state index in [1.165, 1.54) is 0 Å². The number of ketones is 2. The average Bonchev–Trinajstić information content (AvgIpc) is 2.32. The number of aliphatic hydroxyl groups is 5. The van der Waals surface area contributed by atoms with E-state index in [9.17, 15) is 24.9 Å². The third kappa shape index (κ3) is 3.89. The number of carbonyl (C=O) groups is 2. The molecule has 0 heterocycles. The number of alkyl halides is 1. The van der Waals surface area contributed by atoms with Crippen molar-refractivity contribution < 1.29 is 36.5 Å². The average molecular weight is 302 g/mol. The quantitative estimate of drug-likeness (QED) is 0.249. The molecular weight excluding hydrogens is 288 g/mol. The minimum absolute atomic E-state index is 0.896. The molecule has 7 nitrogen and oxygen atoms in total. The fourth-order valence-corrected chi connectivity index (χ4v) is 1.10. The first-order valence-electron chi connectivity index (χ1n) is 4.79. The zero-order valence-electron chi connectivity index (χ0n) is 9.02. The first kappa shape index (κ1) is 13.7. The van der Waals surface area contributed by atoms with E-state index >= 15 is 0 Å². The molecule has 0 aromatic carbocycles. The predicted octanol–water partition coefficient (Wildman–Crippen LogP) is -3.04. The topological polar surface area (TPSA) is 135 Å². The van der Waals surface area contributed by atoms with Gasteiger partial charge in [0.05, 0.1) is 11.9 Å². The van der Waals surface area contributed by atoms with Crippen LogP contribution in [-0.4, -0.2) is 73.4 Å². The Hall–Kier alpha value is -0.380. The molecule has 5 atom stereocenters. The van der Waals surface area contributed by atoms with Crippen LogP contribution in [0.15, 0.2) is 0 Å². The van der Waals surface area contributed by atoms with Crippen LogP contribution in [0.5, 0.6) is 0 Å².